The molecular formula is C16H23N3. The Balaban J connectivity index is 1.62. The smallest absolute Gasteiger partial charge is 0.121 e. The summed E-state index contributed by atoms with van der Waals surface area (Å²) in [6, 6.07) is 12.1. The Morgan fingerprint density at radius 3 is 2.58 bits per heavy atom. The predicted molar refractivity (Wildman–Crippen MR) is 77.7 cm³/mol. The zero-order valence-corrected chi connectivity index (χ0v) is 11.5. The van der Waals surface area contributed by atoms with Crippen LogP contribution in [-0.2, 0) is 0 Å². The van der Waals surface area contributed by atoms with Crippen molar-refractivity contribution in [2.45, 2.75) is 31.7 Å². The number of benzene rings is 1. The average Bonchev–Trinajstić information content (AvgIpc) is 2.97. The van der Waals surface area contributed by atoms with E-state index in [4.69, 9.17) is 0 Å². The Bertz CT molecular complexity index is 390. The van der Waals surface area contributed by atoms with Crippen LogP contribution in [0.25, 0.3) is 0 Å². The van der Waals surface area contributed by atoms with Crippen LogP contribution in [0.15, 0.2) is 30.3 Å². The lowest BCUT2D eigenvalue weighted by atomic mass is 10.1. The van der Waals surface area contributed by atoms with Crippen molar-refractivity contribution in [1.82, 2.24) is 10.2 Å². The van der Waals surface area contributed by atoms with E-state index in [2.05, 4.69) is 16.3 Å². The van der Waals surface area contributed by atoms with Crippen molar-refractivity contribution in [1.29, 1.82) is 5.26 Å². The number of nitrogens with zero attached hydrogens (tertiary/aromatic N) is 2. The molecule has 1 aromatic rings. The molecule has 2 rings (SSSR count). The molecule has 1 aromatic carbocycles. The fraction of sp³-hybridized carbons (Fsp3) is 0.562. The van der Waals surface area contributed by atoms with Crippen molar-refractivity contribution in [2.24, 2.45) is 0 Å². The molecule has 3 heteroatoms. The maximum Gasteiger partial charge on any atom is 0.121 e. The molecule has 1 atom stereocenters. The van der Waals surface area contributed by atoms with Crippen molar-refractivity contribution >= 4 is 0 Å². The highest BCUT2D eigenvalue weighted by atomic mass is 15.1. The molecule has 0 bridgehead atoms. The molecular weight excluding hydrogens is 234 g/mol. The summed E-state index contributed by atoms with van der Waals surface area (Å²) in [4.78, 5) is 2.54. The van der Waals surface area contributed by atoms with Crippen LogP contribution < -0.4 is 5.32 Å². The quantitative estimate of drug-likeness (QED) is 0.763. The van der Waals surface area contributed by atoms with E-state index in [9.17, 15) is 5.26 Å². The van der Waals surface area contributed by atoms with Crippen molar-refractivity contribution in [3.63, 3.8) is 0 Å². The van der Waals surface area contributed by atoms with Gasteiger partial charge in [0.05, 0.1) is 6.07 Å². The second-order valence-electron chi connectivity index (χ2n) is 5.18. The van der Waals surface area contributed by atoms with E-state index in [1.54, 1.807) is 0 Å². The number of nitrogens with one attached hydrogen (secondary N) is 1. The number of hydrogen-bond donors (Lipinski definition) is 1. The zero-order valence-electron chi connectivity index (χ0n) is 11.5. The van der Waals surface area contributed by atoms with Crippen LogP contribution in [0.5, 0.6) is 0 Å². The first-order valence-electron chi connectivity index (χ1n) is 7.30. The van der Waals surface area contributed by atoms with E-state index in [-0.39, 0.29) is 6.04 Å². The van der Waals surface area contributed by atoms with Crippen molar-refractivity contribution in [3.8, 4) is 6.07 Å². The molecule has 0 spiro atoms. The minimum atomic E-state index is -0.173. The molecule has 1 aliphatic heterocycles. The monoisotopic (exact) mass is 257 g/mol. The molecule has 1 unspecified atom stereocenters. The van der Waals surface area contributed by atoms with Crippen LogP contribution >= 0.6 is 0 Å². The van der Waals surface area contributed by atoms with Crippen LogP contribution in [0.2, 0.25) is 0 Å². The zero-order chi connectivity index (χ0) is 13.3. The second kappa shape index (κ2) is 7.93. The minimum Gasteiger partial charge on any atom is -0.303 e. The van der Waals surface area contributed by atoms with E-state index in [0.717, 1.165) is 18.5 Å². The molecule has 0 aromatic heterocycles. The Hall–Kier alpha value is -1.37. The number of unbranched alkanes of at least 4 members (excludes halogenated alkanes) is 1. The summed E-state index contributed by atoms with van der Waals surface area (Å²) in [7, 11) is 0. The van der Waals surface area contributed by atoms with E-state index < -0.39 is 0 Å². The van der Waals surface area contributed by atoms with Crippen LogP contribution in [0.1, 0.15) is 37.3 Å². The highest BCUT2D eigenvalue weighted by Gasteiger charge is 2.11. The van der Waals surface area contributed by atoms with Crippen LogP contribution in [0.3, 0.4) is 0 Å². The molecule has 0 radical (unpaired) electrons. The molecule has 1 saturated heterocycles. The van der Waals surface area contributed by atoms with Gasteiger partial charge in [0.2, 0.25) is 0 Å². The van der Waals surface area contributed by atoms with Crippen LogP contribution in [-0.4, -0.2) is 31.1 Å². The van der Waals surface area contributed by atoms with Crippen LogP contribution in [0, 0.1) is 11.3 Å². The Kier molecular flexibility index (Phi) is 5.87. The standard InChI is InChI=1S/C16H23N3/c17-14-16(15-8-2-1-3-9-15)18-10-4-5-11-19-12-6-7-13-19/h1-3,8-9,16,18H,4-7,10-13H2. The van der Waals surface area contributed by atoms with Gasteiger partial charge in [-0.1, -0.05) is 30.3 Å². The predicted octanol–water partition coefficient (Wildman–Crippen LogP) is 2.72. The molecule has 1 fully saturated rings. The lowest BCUT2D eigenvalue weighted by molar-refractivity contribution is 0.328. The van der Waals surface area contributed by atoms with Gasteiger partial charge in [-0.25, -0.2) is 0 Å². The molecule has 0 amide bonds. The largest absolute Gasteiger partial charge is 0.303 e. The van der Waals surface area contributed by atoms with Gasteiger partial charge in [-0.2, -0.15) is 5.26 Å². The van der Waals surface area contributed by atoms with Gasteiger partial charge in [0.15, 0.2) is 0 Å². The van der Waals surface area contributed by atoms with E-state index in [1.807, 2.05) is 30.3 Å². The van der Waals surface area contributed by atoms with E-state index in [0.29, 0.717) is 0 Å². The number of nitriles is 1. The van der Waals surface area contributed by atoms with Crippen LogP contribution in [0.4, 0.5) is 0 Å². The van der Waals surface area contributed by atoms with Gasteiger partial charge >= 0.3 is 0 Å². The maximum absolute atomic E-state index is 9.19. The van der Waals surface area contributed by atoms with Gasteiger partial charge in [0, 0.05) is 0 Å². The Morgan fingerprint density at radius 2 is 1.89 bits per heavy atom. The maximum atomic E-state index is 9.19. The molecule has 1 N–H and O–H groups in total. The molecule has 3 nitrogen and oxygen atoms in total. The third-order valence-corrected chi connectivity index (χ3v) is 3.71. The SMILES string of the molecule is N#CC(NCCCCN1CCCC1)c1ccccc1. The third-order valence-electron chi connectivity index (χ3n) is 3.71. The first-order valence-corrected chi connectivity index (χ1v) is 7.30. The summed E-state index contributed by atoms with van der Waals surface area (Å²) >= 11 is 0. The summed E-state index contributed by atoms with van der Waals surface area (Å²) in [5.41, 5.74) is 1.06. The number of likely N-dealkylation sites (tertiary alicyclic amines) is 1. The summed E-state index contributed by atoms with van der Waals surface area (Å²) in [5.74, 6) is 0. The molecule has 19 heavy (non-hydrogen) atoms. The third kappa shape index (κ3) is 4.66. The Morgan fingerprint density at radius 1 is 1.16 bits per heavy atom. The van der Waals surface area contributed by atoms with Gasteiger partial charge in [-0.15, -0.1) is 0 Å². The number of hydrogen-bond acceptors (Lipinski definition) is 3. The topological polar surface area (TPSA) is 39.1 Å². The lowest BCUT2D eigenvalue weighted by Crippen LogP contribution is -2.24. The van der Waals surface area contributed by atoms with Gasteiger partial charge in [0.1, 0.15) is 6.04 Å². The molecule has 1 heterocycles. The minimum absolute atomic E-state index is 0.173. The summed E-state index contributed by atoms with van der Waals surface area (Å²) < 4.78 is 0. The second-order valence-corrected chi connectivity index (χ2v) is 5.18. The highest BCUT2D eigenvalue weighted by Crippen LogP contribution is 2.11. The first kappa shape index (κ1) is 14.0. The fourth-order valence-electron chi connectivity index (χ4n) is 2.60. The molecule has 1 aliphatic rings. The molecule has 102 valence electrons. The van der Waals surface area contributed by atoms with E-state index >= 15 is 0 Å². The summed E-state index contributed by atoms with van der Waals surface area (Å²) in [6.45, 7) is 4.68. The summed E-state index contributed by atoms with van der Waals surface area (Å²) in [6.07, 6.45) is 5.09. The molecule has 0 aliphatic carbocycles. The lowest BCUT2D eigenvalue weighted by Gasteiger charge is -2.15. The van der Waals surface area contributed by atoms with Crippen molar-refractivity contribution in [2.75, 3.05) is 26.2 Å². The van der Waals surface area contributed by atoms with Gasteiger partial charge in [-0.05, 0) is 57.4 Å². The molecule has 0 saturated carbocycles. The average molecular weight is 257 g/mol. The normalized spacial score (nSPS) is 17.2. The van der Waals surface area contributed by atoms with Gasteiger partial charge in [0.25, 0.3) is 0 Å². The Labute approximate surface area is 116 Å². The first-order chi connectivity index (χ1) is 9.40. The van der Waals surface area contributed by atoms with Crippen molar-refractivity contribution in [3.05, 3.63) is 35.9 Å². The summed E-state index contributed by atoms with van der Waals surface area (Å²) in [5, 5.41) is 12.5. The van der Waals surface area contributed by atoms with Gasteiger partial charge < -0.3 is 4.90 Å². The van der Waals surface area contributed by atoms with Gasteiger partial charge in [-0.3, -0.25) is 5.32 Å². The van der Waals surface area contributed by atoms with E-state index in [1.165, 1.54) is 38.9 Å². The van der Waals surface area contributed by atoms with Crippen molar-refractivity contribution < 1.29 is 0 Å². The highest BCUT2D eigenvalue weighted by molar-refractivity contribution is 5.23. The fourth-order valence-corrected chi connectivity index (χ4v) is 2.60. The number of rotatable bonds is 7.